The molecule has 0 saturated carbocycles. The van der Waals surface area contributed by atoms with E-state index in [0.717, 1.165) is 6.92 Å². The molecule has 0 radical (unpaired) electrons. The van der Waals surface area contributed by atoms with Crippen LogP contribution in [0.15, 0.2) is 0 Å². The molecule has 2 saturated heterocycles. The van der Waals surface area contributed by atoms with Crippen molar-refractivity contribution >= 4 is 0 Å². The van der Waals surface area contributed by atoms with Crippen LogP contribution in [0.5, 0.6) is 0 Å². The van der Waals surface area contributed by atoms with Gasteiger partial charge >= 0.3 is 42.6 Å². The molecule has 3 nitrogen and oxygen atoms in total. The van der Waals surface area contributed by atoms with Crippen LogP contribution in [0.3, 0.4) is 0 Å². The molecule has 2 fully saturated rings. The summed E-state index contributed by atoms with van der Waals surface area (Å²) in [4.78, 5) is 0. The Morgan fingerprint density at radius 2 is 0.950 bits per heavy atom. The Morgan fingerprint density at radius 1 is 0.575 bits per heavy atom. The first-order valence-corrected chi connectivity index (χ1v) is 10.7. The molecule has 0 amide bonds. The maximum atomic E-state index is 13.8. The topological polar surface area (TPSA) is 27.7 Å². The second kappa shape index (κ2) is 13.3. The second-order valence-corrected chi connectivity index (χ2v) is 7.77. The number of alkyl halides is 18. The summed E-state index contributed by atoms with van der Waals surface area (Å²) in [5, 5.41) is 0. The van der Waals surface area contributed by atoms with Crippen molar-refractivity contribution in [3.63, 3.8) is 0 Å². The van der Waals surface area contributed by atoms with Crippen molar-refractivity contribution in [2.24, 2.45) is 0 Å². The quantitative estimate of drug-likeness (QED) is 0.288. The Bertz CT molecular complexity index is 774. The third kappa shape index (κ3) is 9.32. The van der Waals surface area contributed by atoms with Gasteiger partial charge in [-0.05, 0) is 26.7 Å². The third-order valence-electron chi connectivity index (χ3n) is 4.80. The van der Waals surface area contributed by atoms with Crippen molar-refractivity contribution in [2.45, 2.75) is 107 Å². The minimum Gasteiger partial charge on any atom is -0.251 e. The molecule has 2 aliphatic rings. The third-order valence-corrected chi connectivity index (χ3v) is 4.80. The van der Waals surface area contributed by atoms with Crippen molar-refractivity contribution in [2.75, 3.05) is 13.3 Å². The van der Waals surface area contributed by atoms with Crippen LogP contribution in [0, 0.1) is 0 Å². The average molecular weight is 642 g/mol. The Kier molecular flexibility index (Phi) is 13.5. The van der Waals surface area contributed by atoms with E-state index in [2.05, 4.69) is 14.2 Å². The normalized spacial score (nSPS) is 33.1. The number of halogens is 18. The van der Waals surface area contributed by atoms with Crippen molar-refractivity contribution in [1.82, 2.24) is 0 Å². The summed E-state index contributed by atoms with van der Waals surface area (Å²) >= 11 is 0. The summed E-state index contributed by atoms with van der Waals surface area (Å²) < 4.78 is 231. The fourth-order valence-corrected chi connectivity index (χ4v) is 2.87. The molecular formula is C19H24F18O3. The zero-order chi connectivity index (χ0) is 32.9. The lowest BCUT2D eigenvalue weighted by Gasteiger charge is -2.47. The standard InChI is InChI=1S/C8H7F9O2.C7H7F7O.2C2H5F/c1-2-4(9)3-5(10,11)18-7(13,14)6(4,12)19-8(15,16)17;1-2-4(8)3-5(9,10)7(13,14)15-6(4,11)12;2*1-2-3/h2-3H2,1H3;2-3H2,1H3;2*2H2,1H3. The first-order chi connectivity index (χ1) is 17.5. The largest absolute Gasteiger partial charge is 0.525 e. The van der Waals surface area contributed by atoms with E-state index in [1.807, 2.05) is 0 Å². The lowest BCUT2D eigenvalue weighted by Crippen LogP contribution is -2.69. The fourth-order valence-electron chi connectivity index (χ4n) is 2.87. The van der Waals surface area contributed by atoms with Crippen molar-refractivity contribution in [3.8, 4) is 0 Å². The molecule has 2 aliphatic heterocycles. The van der Waals surface area contributed by atoms with Gasteiger partial charge < -0.3 is 0 Å². The summed E-state index contributed by atoms with van der Waals surface area (Å²) in [7, 11) is 0. The highest BCUT2D eigenvalue weighted by Gasteiger charge is 2.80. The Labute approximate surface area is 215 Å². The molecule has 2 rings (SSSR count). The summed E-state index contributed by atoms with van der Waals surface area (Å²) in [6.07, 6.45) is -34.0. The maximum absolute atomic E-state index is 13.8. The predicted molar refractivity (Wildman–Crippen MR) is 98.7 cm³/mol. The van der Waals surface area contributed by atoms with Crippen LogP contribution in [0.2, 0.25) is 0 Å². The summed E-state index contributed by atoms with van der Waals surface area (Å²) in [5.74, 6) is -10.4. The first kappa shape index (κ1) is 40.8. The van der Waals surface area contributed by atoms with Crippen molar-refractivity contribution in [3.05, 3.63) is 0 Å². The lowest BCUT2D eigenvalue weighted by molar-refractivity contribution is -0.545. The van der Waals surface area contributed by atoms with Gasteiger partial charge in [0.05, 0.1) is 26.2 Å². The summed E-state index contributed by atoms with van der Waals surface area (Å²) in [5.41, 5.74) is -8.06. The van der Waals surface area contributed by atoms with Gasteiger partial charge in [-0.2, -0.15) is 48.3 Å². The molecule has 3 atom stereocenters. The van der Waals surface area contributed by atoms with Gasteiger partial charge in [-0.25, -0.2) is 18.3 Å². The van der Waals surface area contributed by atoms with Gasteiger partial charge in [0, 0.05) is 0 Å². The van der Waals surface area contributed by atoms with Gasteiger partial charge in [0.15, 0.2) is 5.67 Å². The zero-order valence-corrected chi connectivity index (χ0v) is 20.8. The van der Waals surface area contributed by atoms with Gasteiger partial charge in [0.25, 0.3) is 0 Å². The predicted octanol–water partition coefficient (Wildman–Crippen LogP) is 9.21. The van der Waals surface area contributed by atoms with E-state index in [0.29, 0.717) is 6.92 Å². The van der Waals surface area contributed by atoms with E-state index < -0.39 is 79.6 Å². The molecule has 244 valence electrons. The Morgan fingerprint density at radius 3 is 1.27 bits per heavy atom. The van der Waals surface area contributed by atoms with Gasteiger partial charge in [-0.1, -0.05) is 13.8 Å². The van der Waals surface area contributed by atoms with Crippen LogP contribution < -0.4 is 0 Å². The molecule has 3 unspecified atom stereocenters. The Balaban J connectivity index is 0. The molecular weight excluding hydrogens is 618 g/mol. The number of rotatable bonds is 3. The second-order valence-electron chi connectivity index (χ2n) is 7.77. The highest BCUT2D eigenvalue weighted by Crippen LogP contribution is 2.58. The van der Waals surface area contributed by atoms with Gasteiger partial charge in [-0.15, -0.1) is 13.2 Å². The van der Waals surface area contributed by atoms with Crippen molar-refractivity contribution < 1.29 is 93.2 Å². The van der Waals surface area contributed by atoms with Crippen LogP contribution in [0.25, 0.3) is 0 Å². The highest BCUT2D eigenvalue weighted by atomic mass is 19.4. The van der Waals surface area contributed by atoms with Gasteiger partial charge in [0.1, 0.15) is 0 Å². The van der Waals surface area contributed by atoms with E-state index in [1.54, 1.807) is 0 Å². The van der Waals surface area contributed by atoms with E-state index in [4.69, 9.17) is 0 Å². The highest BCUT2D eigenvalue weighted by molar-refractivity contribution is 5.04. The minimum absolute atomic E-state index is 0.250. The lowest BCUT2D eigenvalue weighted by atomic mass is 9.86. The van der Waals surface area contributed by atoms with Gasteiger partial charge in [0.2, 0.25) is 5.67 Å². The molecule has 0 aromatic rings. The molecule has 0 aromatic carbocycles. The van der Waals surface area contributed by atoms with Crippen LogP contribution in [0.4, 0.5) is 79.0 Å². The molecule has 0 spiro atoms. The molecule has 0 aliphatic carbocycles. The molecule has 0 bridgehead atoms. The van der Waals surface area contributed by atoms with Gasteiger partial charge in [-0.3, -0.25) is 13.5 Å². The monoisotopic (exact) mass is 642 g/mol. The van der Waals surface area contributed by atoms with Crippen LogP contribution in [-0.2, 0) is 14.2 Å². The molecule has 0 N–H and O–H groups in total. The molecule has 0 aromatic heterocycles. The van der Waals surface area contributed by atoms with E-state index in [1.165, 1.54) is 13.8 Å². The number of ether oxygens (including phenoxy) is 3. The van der Waals surface area contributed by atoms with Crippen LogP contribution in [-0.4, -0.2) is 67.3 Å². The Hall–Kier alpha value is -1.38. The first-order valence-electron chi connectivity index (χ1n) is 10.7. The van der Waals surface area contributed by atoms with Crippen molar-refractivity contribution in [1.29, 1.82) is 0 Å². The van der Waals surface area contributed by atoms with Crippen LogP contribution in [0.1, 0.15) is 53.4 Å². The molecule has 21 heteroatoms. The van der Waals surface area contributed by atoms with E-state index in [-0.39, 0.29) is 13.3 Å². The SMILES string of the molecule is CCC1(F)CC(F)(F)C(F)(F)OC1(F)F.CCC1(F)CC(F)(F)OC(F)(F)C1(F)OC(F)(F)F.CCF.CCF. The maximum Gasteiger partial charge on any atom is 0.525 e. The van der Waals surface area contributed by atoms with E-state index in [9.17, 15) is 79.0 Å². The number of hydrogen-bond donors (Lipinski definition) is 0. The zero-order valence-electron chi connectivity index (χ0n) is 20.8. The number of hydrogen-bond acceptors (Lipinski definition) is 3. The van der Waals surface area contributed by atoms with E-state index >= 15 is 0 Å². The molecule has 40 heavy (non-hydrogen) atoms. The smallest absolute Gasteiger partial charge is 0.251 e. The van der Waals surface area contributed by atoms with Crippen LogP contribution >= 0.6 is 0 Å². The molecule has 2 heterocycles. The summed E-state index contributed by atoms with van der Waals surface area (Å²) in [6.45, 7) is 3.88. The average Bonchev–Trinajstić information content (AvgIpc) is 2.69. The minimum atomic E-state index is -6.01. The fraction of sp³-hybridized carbons (Fsp3) is 1.00. The summed E-state index contributed by atoms with van der Waals surface area (Å²) in [6, 6.07) is 0.